The fraction of sp³-hybridized carbons (Fsp3) is 0.643. The van der Waals surface area contributed by atoms with Gasteiger partial charge in [0.05, 0.1) is 11.8 Å². The molecule has 1 aromatic carbocycles. The van der Waals surface area contributed by atoms with Crippen LogP contribution in [0, 0.1) is 12.3 Å². The highest BCUT2D eigenvalue weighted by molar-refractivity contribution is 5.46. The maximum absolute atomic E-state index is 13.2. The number of piperidine rings is 1. The molecule has 0 atom stereocenters. The van der Waals surface area contributed by atoms with Gasteiger partial charge < -0.3 is 23.7 Å². The number of ether oxygens (including phenoxy) is 3. The normalized spacial score (nSPS) is 21.7. The predicted octanol–water partition coefficient (Wildman–Crippen LogP) is 6.14. The van der Waals surface area contributed by atoms with E-state index >= 15 is 0 Å². The Morgan fingerprint density at radius 2 is 1.74 bits per heavy atom. The molecule has 0 unspecified atom stereocenters. The van der Waals surface area contributed by atoms with E-state index in [0.29, 0.717) is 11.5 Å². The topological polar surface area (TPSA) is 35.9 Å². The molecular weight excluding hydrogens is 450 g/mol. The standard InChI is InChI=1S/C28H38F2N2O3/c1-4-25-26(17-20(2)32(25)22-5-7-23(8-6-22)35-27(3,29)30)34-24-18-28(19-24)11-13-31(14-12-28)21-9-15-33-16-10-21/h5-8,17,21,24H,4,9-16,18-19H2,1-3H3. The third kappa shape index (κ3) is 5.36. The first-order valence-corrected chi connectivity index (χ1v) is 13.1. The second kappa shape index (κ2) is 9.74. The van der Waals surface area contributed by atoms with Gasteiger partial charge in [-0.15, -0.1) is 0 Å². The first kappa shape index (κ1) is 24.6. The van der Waals surface area contributed by atoms with Crippen molar-refractivity contribution in [3.8, 4) is 17.2 Å². The Morgan fingerprint density at radius 1 is 1.09 bits per heavy atom. The largest absolute Gasteiger partial charge is 0.488 e. The second-order valence-corrected chi connectivity index (χ2v) is 10.7. The lowest BCUT2D eigenvalue weighted by molar-refractivity contribution is -0.158. The summed E-state index contributed by atoms with van der Waals surface area (Å²) >= 11 is 0. The SMILES string of the molecule is CCc1c(OC2CC3(CCN(C4CCOCC4)CC3)C2)cc(C)n1-c1ccc(OC(C)(F)F)cc1. The molecule has 2 aliphatic heterocycles. The summed E-state index contributed by atoms with van der Waals surface area (Å²) in [6.07, 6.45) is 5.08. The van der Waals surface area contributed by atoms with Crippen molar-refractivity contribution < 1.29 is 23.0 Å². The predicted molar refractivity (Wildman–Crippen MR) is 132 cm³/mol. The van der Waals surface area contributed by atoms with Gasteiger partial charge in [-0.3, -0.25) is 0 Å². The number of hydrogen-bond donors (Lipinski definition) is 0. The van der Waals surface area contributed by atoms with Gasteiger partial charge in [-0.25, -0.2) is 0 Å². The molecule has 2 aromatic rings. The third-order valence-electron chi connectivity index (χ3n) is 8.15. The van der Waals surface area contributed by atoms with Crippen LogP contribution in [-0.4, -0.2) is 54.0 Å². The van der Waals surface area contributed by atoms with E-state index in [4.69, 9.17) is 9.47 Å². The highest BCUT2D eigenvalue weighted by Crippen LogP contribution is 2.51. The molecular formula is C28H38F2N2O3. The number of aryl methyl sites for hydroxylation is 1. The van der Waals surface area contributed by atoms with Gasteiger partial charge in [0.15, 0.2) is 0 Å². The Labute approximate surface area is 207 Å². The van der Waals surface area contributed by atoms with Crippen LogP contribution < -0.4 is 9.47 Å². The number of hydrogen-bond acceptors (Lipinski definition) is 4. The van der Waals surface area contributed by atoms with Crippen LogP contribution in [-0.2, 0) is 11.2 Å². The number of rotatable bonds is 7. The van der Waals surface area contributed by atoms with Gasteiger partial charge in [-0.05, 0) is 94.6 Å². The van der Waals surface area contributed by atoms with Gasteiger partial charge in [0.1, 0.15) is 11.5 Å². The Hall–Kier alpha value is -2.12. The number of benzene rings is 1. The van der Waals surface area contributed by atoms with Crippen molar-refractivity contribution in [2.75, 3.05) is 26.3 Å². The number of nitrogens with zero attached hydrogens (tertiary/aromatic N) is 2. The first-order chi connectivity index (χ1) is 16.8. The second-order valence-electron chi connectivity index (χ2n) is 10.7. The minimum atomic E-state index is -3.19. The zero-order valence-electron chi connectivity index (χ0n) is 21.2. The van der Waals surface area contributed by atoms with Crippen molar-refractivity contribution in [2.24, 2.45) is 5.41 Å². The molecule has 1 aromatic heterocycles. The number of alkyl halides is 2. The lowest BCUT2D eigenvalue weighted by atomic mass is 9.61. The molecule has 3 fully saturated rings. The molecule has 7 heteroatoms. The molecule has 3 aliphatic rings. The molecule has 5 nitrogen and oxygen atoms in total. The molecule has 0 bridgehead atoms. The van der Waals surface area contributed by atoms with E-state index in [2.05, 4.69) is 34.1 Å². The smallest absolute Gasteiger partial charge is 0.394 e. The van der Waals surface area contributed by atoms with Crippen molar-refractivity contribution in [3.63, 3.8) is 0 Å². The summed E-state index contributed by atoms with van der Waals surface area (Å²) in [5.41, 5.74) is 3.57. The summed E-state index contributed by atoms with van der Waals surface area (Å²) < 4.78 is 45.2. The van der Waals surface area contributed by atoms with E-state index in [0.717, 1.165) is 62.2 Å². The zero-order valence-corrected chi connectivity index (χ0v) is 21.2. The van der Waals surface area contributed by atoms with Crippen LogP contribution in [0.4, 0.5) is 8.78 Å². The maximum Gasteiger partial charge on any atom is 0.394 e. The molecule has 2 saturated heterocycles. The summed E-state index contributed by atoms with van der Waals surface area (Å²) in [5.74, 6) is 1.10. The van der Waals surface area contributed by atoms with Crippen LogP contribution in [0.1, 0.15) is 63.8 Å². The fourth-order valence-corrected chi connectivity index (χ4v) is 6.32. The Bertz CT molecular complexity index is 992. The van der Waals surface area contributed by atoms with Crippen LogP contribution in [0.15, 0.2) is 30.3 Å². The molecule has 0 amide bonds. The van der Waals surface area contributed by atoms with Crippen LogP contribution in [0.2, 0.25) is 0 Å². The van der Waals surface area contributed by atoms with E-state index in [1.807, 2.05) is 12.1 Å². The van der Waals surface area contributed by atoms with Crippen LogP contribution in [0.3, 0.4) is 0 Å². The molecule has 0 N–H and O–H groups in total. The zero-order chi connectivity index (χ0) is 24.6. The van der Waals surface area contributed by atoms with E-state index in [-0.39, 0.29) is 11.9 Å². The monoisotopic (exact) mass is 488 g/mol. The Kier molecular flexibility index (Phi) is 6.83. The van der Waals surface area contributed by atoms with Crippen molar-refractivity contribution >= 4 is 0 Å². The van der Waals surface area contributed by atoms with Crippen molar-refractivity contribution in [3.05, 3.63) is 41.7 Å². The van der Waals surface area contributed by atoms with Crippen molar-refractivity contribution in [1.29, 1.82) is 0 Å². The van der Waals surface area contributed by atoms with E-state index in [1.54, 1.807) is 12.1 Å². The molecule has 0 radical (unpaired) electrons. The van der Waals surface area contributed by atoms with E-state index < -0.39 is 6.11 Å². The molecule has 1 saturated carbocycles. The highest BCUT2D eigenvalue weighted by atomic mass is 19.3. The van der Waals surface area contributed by atoms with Crippen molar-refractivity contribution in [1.82, 2.24) is 9.47 Å². The molecule has 1 spiro atoms. The minimum absolute atomic E-state index is 0.156. The fourth-order valence-electron chi connectivity index (χ4n) is 6.32. The number of likely N-dealkylation sites (tertiary alicyclic amines) is 1. The van der Waals surface area contributed by atoms with Gasteiger partial charge in [-0.1, -0.05) is 6.92 Å². The molecule has 35 heavy (non-hydrogen) atoms. The van der Waals surface area contributed by atoms with E-state index in [1.165, 1.54) is 38.8 Å². The maximum atomic E-state index is 13.2. The lowest BCUT2D eigenvalue weighted by Crippen LogP contribution is -2.53. The van der Waals surface area contributed by atoms with Gasteiger partial charge in [0, 0.05) is 43.6 Å². The Morgan fingerprint density at radius 3 is 2.34 bits per heavy atom. The van der Waals surface area contributed by atoms with Gasteiger partial charge in [0.25, 0.3) is 0 Å². The van der Waals surface area contributed by atoms with Gasteiger partial charge in [0.2, 0.25) is 0 Å². The summed E-state index contributed by atoms with van der Waals surface area (Å²) in [4.78, 5) is 2.69. The number of aromatic nitrogens is 1. The molecule has 3 heterocycles. The lowest BCUT2D eigenvalue weighted by Gasteiger charge is -2.53. The Balaban J connectivity index is 1.20. The summed E-state index contributed by atoms with van der Waals surface area (Å²) in [5, 5.41) is 0. The quantitative estimate of drug-likeness (QED) is 0.469. The molecule has 5 rings (SSSR count). The highest BCUT2D eigenvalue weighted by Gasteiger charge is 2.48. The average molecular weight is 489 g/mol. The third-order valence-corrected chi connectivity index (χ3v) is 8.15. The van der Waals surface area contributed by atoms with Gasteiger partial charge in [-0.2, -0.15) is 8.78 Å². The van der Waals surface area contributed by atoms with Crippen molar-refractivity contribution in [2.45, 2.75) is 84.0 Å². The van der Waals surface area contributed by atoms with Gasteiger partial charge >= 0.3 is 6.11 Å². The number of halogens is 2. The van der Waals surface area contributed by atoms with Crippen LogP contribution >= 0.6 is 0 Å². The molecule has 1 aliphatic carbocycles. The average Bonchev–Trinajstić information content (AvgIpc) is 3.13. The van der Waals surface area contributed by atoms with E-state index in [9.17, 15) is 8.78 Å². The van der Waals surface area contributed by atoms with Crippen LogP contribution in [0.5, 0.6) is 11.5 Å². The summed E-state index contributed by atoms with van der Waals surface area (Å²) in [6, 6.07) is 9.65. The first-order valence-electron chi connectivity index (χ1n) is 13.1. The summed E-state index contributed by atoms with van der Waals surface area (Å²) in [7, 11) is 0. The van der Waals surface area contributed by atoms with Crippen LogP contribution in [0.25, 0.3) is 5.69 Å². The molecule has 192 valence electrons. The summed E-state index contributed by atoms with van der Waals surface area (Å²) in [6.45, 7) is 9.16. The minimum Gasteiger partial charge on any atom is -0.488 e.